The van der Waals surface area contributed by atoms with Gasteiger partial charge in [-0.3, -0.25) is 19.5 Å². The lowest BCUT2D eigenvalue weighted by molar-refractivity contribution is -0.384. The molecule has 2 heterocycles. The number of hydrogen-bond acceptors (Lipinski definition) is 7. The highest BCUT2D eigenvalue weighted by Gasteiger charge is 2.19. The largest absolute Gasteiger partial charge is 0.287 e. The van der Waals surface area contributed by atoms with E-state index in [4.69, 9.17) is 4.98 Å². The summed E-state index contributed by atoms with van der Waals surface area (Å²) in [5.74, 6) is 0. The normalized spacial score (nSPS) is 10.9. The lowest BCUT2D eigenvalue weighted by atomic mass is 10.2. The summed E-state index contributed by atoms with van der Waals surface area (Å²) < 4.78 is 1.65. The van der Waals surface area contributed by atoms with E-state index in [2.05, 4.69) is 0 Å². The number of nitro benzene ring substituents is 1. The fourth-order valence-electron chi connectivity index (χ4n) is 2.81. The van der Waals surface area contributed by atoms with Gasteiger partial charge in [0.25, 0.3) is 11.2 Å². The molecule has 3 rings (SSSR count). The Labute approximate surface area is 169 Å². The van der Waals surface area contributed by atoms with Crippen molar-refractivity contribution in [2.24, 2.45) is 0 Å². The highest BCUT2D eigenvalue weighted by Crippen LogP contribution is 2.34. The summed E-state index contributed by atoms with van der Waals surface area (Å²) in [5, 5.41) is 21.5. The standard InChI is InChI=1S/C19H18N4O3S2/c1-4-5-8-22-18(24)16-11(2)12(3)27-17(16)21-19(22)28-15-7-6-14(23(25)26)9-13(15)10-20/h6-7,9H,4-5,8H2,1-3H3. The summed E-state index contributed by atoms with van der Waals surface area (Å²) >= 11 is 2.67. The van der Waals surface area contributed by atoms with Crippen LogP contribution in [0.15, 0.2) is 33.0 Å². The van der Waals surface area contributed by atoms with Gasteiger partial charge >= 0.3 is 0 Å². The number of thiophene rings is 1. The molecule has 0 saturated heterocycles. The molecule has 9 heteroatoms. The van der Waals surface area contributed by atoms with Crippen LogP contribution in [0.4, 0.5) is 5.69 Å². The van der Waals surface area contributed by atoms with Crippen molar-refractivity contribution in [3.8, 4) is 6.07 Å². The highest BCUT2D eigenvalue weighted by atomic mass is 32.2. The third-order valence-corrected chi connectivity index (χ3v) is 6.66. The van der Waals surface area contributed by atoms with Crippen LogP contribution in [0.2, 0.25) is 0 Å². The number of nitro groups is 1. The molecule has 2 aromatic heterocycles. The number of non-ortho nitro benzene ring substituents is 1. The molecule has 0 spiro atoms. The van der Waals surface area contributed by atoms with E-state index in [0.717, 1.165) is 23.3 Å². The first-order valence-corrected chi connectivity index (χ1v) is 10.4. The molecular formula is C19H18N4O3S2. The maximum Gasteiger partial charge on any atom is 0.270 e. The number of nitrogens with zero attached hydrogens (tertiary/aromatic N) is 4. The summed E-state index contributed by atoms with van der Waals surface area (Å²) in [6, 6.07) is 6.14. The van der Waals surface area contributed by atoms with Gasteiger partial charge in [-0.2, -0.15) is 5.26 Å². The summed E-state index contributed by atoms with van der Waals surface area (Å²) in [4.78, 5) is 30.5. The Balaban J connectivity index is 2.16. The van der Waals surface area contributed by atoms with E-state index in [1.807, 2.05) is 26.8 Å². The van der Waals surface area contributed by atoms with Crippen molar-refractivity contribution in [1.29, 1.82) is 5.26 Å². The first-order chi connectivity index (χ1) is 13.4. The topological polar surface area (TPSA) is 102 Å². The van der Waals surface area contributed by atoms with Crippen LogP contribution in [0.3, 0.4) is 0 Å². The van der Waals surface area contributed by atoms with E-state index in [1.54, 1.807) is 4.57 Å². The van der Waals surface area contributed by atoms with Crippen LogP contribution < -0.4 is 5.56 Å². The van der Waals surface area contributed by atoms with E-state index in [9.17, 15) is 20.2 Å². The molecule has 0 aliphatic carbocycles. The fraction of sp³-hybridized carbons (Fsp3) is 0.316. The zero-order valence-electron chi connectivity index (χ0n) is 15.7. The second-order valence-corrected chi connectivity index (χ2v) is 8.53. The molecule has 0 amide bonds. The lowest BCUT2D eigenvalue weighted by Crippen LogP contribution is -2.23. The summed E-state index contributed by atoms with van der Waals surface area (Å²) in [6.45, 7) is 6.48. The minimum absolute atomic E-state index is 0.0804. The number of fused-ring (bicyclic) bond motifs is 1. The molecule has 144 valence electrons. The van der Waals surface area contributed by atoms with Crippen molar-refractivity contribution in [3.63, 3.8) is 0 Å². The molecule has 3 aromatic rings. The van der Waals surface area contributed by atoms with Gasteiger partial charge in [0.15, 0.2) is 5.16 Å². The van der Waals surface area contributed by atoms with Gasteiger partial charge in [0, 0.05) is 28.5 Å². The monoisotopic (exact) mass is 414 g/mol. The fourth-order valence-corrected chi connectivity index (χ4v) is 4.85. The Hall–Kier alpha value is -2.70. The highest BCUT2D eigenvalue weighted by molar-refractivity contribution is 7.99. The predicted octanol–water partition coefficient (Wildman–Crippen LogP) is 4.81. The van der Waals surface area contributed by atoms with E-state index >= 15 is 0 Å². The van der Waals surface area contributed by atoms with Gasteiger partial charge in [0.05, 0.1) is 15.9 Å². The quantitative estimate of drug-likeness (QED) is 0.326. The molecule has 0 radical (unpaired) electrons. The number of benzene rings is 1. The Morgan fingerprint density at radius 3 is 2.79 bits per heavy atom. The van der Waals surface area contributed by atoms with Crippen LogP contribution in [0, 0.1) is 35.3 Å². The van der Waals surface area contributed by atoms with Crippen molar-refractivity contribution < 1.29 is 4.92 Å². The molecule has 0 fully saturated rings. The number of hydrogen-bond donors (Lipinski definition) is 0. The van der Waals surface area contributed by atoms with Crippen LogP contribution in [0.1, 0.15) is 35.8 Å². The van der Waals surface area contributed by atoms with Gasteiger partial charge in [0.2, 0.25) is 0 Å². The second-order valence-electron chi connectivity index (χ2n) is 6.32. The summed E-state index contributed by atoms with van der Waals surface area (Å²) in [6.07, 6.45) is 1.76. The van der Waals surface area contributed by atoms with Crippen LogP contribution >= 0.6 is 23.1 Å². The minimum Gasteiger partial charge on any atom is -0.287 e. The number of aromatic nitrogens is 2. The van der Waals surface area contributed by atoms with Crippen molar-refractivity contribution in [3.05, 3.63) is 54.7 Å². The predicted molar refractivity (Wildman–Crippen MR) is 110 cm³/mol. The number of unbranched alkanes of at least 4 members (excludes halogenated alkanes) is 1. The maximum atomic E-state index is 13.1. The molecule has 0 bridgehead atoms. The van der Waals surface area contributed by atoms with Crippen molar-refractivity contribution in [2.75, 3.05) is 0 Å². The van der Waals surface area contributed by atoms with Crippen LogP contribution in [0.5, 0.6) is 0 Å². The van der Waals surface area contributed by atoms with Crippen LogP contribution in [-0.2, 0) is 6.54 Å². The van der Waals surface area contributed by atoms with Crippen LogP contribution in [0.25, 0.3) is 10.2 Å². The van der Waals surface area contributed by atoms with E-state index in [-0.39, 0.29) is 16.8 Å². The van der Waals surface area contributed by atoms with Crippen molar-refractivity contribution in [1.82, 2.24) is 9.55 Å². The molecule has 0 atom stereocenters. The van der Waals surface area contributed by atoms with Gasteiger partial charge < -0.3 is 0 Å². The van der Waals surface area contributed by atoms with Gasteiger partial charge in [-0.25, -0.2) is 4.98 Å². The minimum atomic E-state index is -0.534. The van der Waals surface area contributed by atoms with Gasteiger partial charge in [-0.1, -0.05) is 25.1 Å². The zero-order valence-corrected chi connectivity index (χ0v) is 17.3. The Morgan fingerprint density at radius 2 is 2.14 bits per heavy atom. The van der Waals surface area contributed by atoms with Crippen LogP contribution in [-0.4, -0.2) is 14.5 Å². The average molecular weight is 415 g/mol. The Kier molecular flexibility index (Phi) is 5.82. The van der Waals surface area contributed by atoms with Crippen molar-refractivity contribution >= 4 is 39.0 Å². The third kappa shape index (κ3) is 3.66. The first kappa shape index (κ1) is 20.0. The molecule has 0 saturated carbocycles. The molecule has 0 N–H and O–H groups in total. The Bertz CT molecular complexity index is 1170. The summed E-state index contributed by atoms with van der Waals surface area (Å²) in [5.41, 5.74) is 0.918. The molecule has 0 aliphatic heterocycles. The molecule has 7 nitrogen and oxygen atoms in total. The number of rotatable bonds is 6. The zero-order chi connectivity index (χ0) is 20.4. The first-order valence-electron chi connectivity index (χ1n) is 8.74. The smallest absolute Gasteiger partial charge is 0.270 e. The second kappa shape index (κ2) is 8.12. The molecular weight excluding hydrogens is 396 g/mol. The summed E-state index contributed by atoms with van der Waals surface area (Å²) in [7, 11) is 0. The van der Waals surface area contributed by atoms with E-state index < -0.39 is 4.92 Å². The van der Waals surface area contributed by atoms with Gasteiger partial charge in [0.1, 0.15) is 10.9 Å². The number of aryl methyl sites for hydroxylation is 2. The van der Waals surface area contributed by atoms with E-state index in [1.165, 1.54) is 41.3 Å². The molecule has 1 aromatic carbocycles. The molecule has 0 aliphatic rings. The molecule has 28 heavy (non-hydrogen) atoms. The Morgan fingerprint density at radius 1 is 1.39 bits per heavy atom. The third-order valence-electron chi connectivity index (χ3n) is 4.48. The SMILES string of the molecule is CCCCn1c(Sc2ccc([N+](=O)[O-])cc2C#N)nc2sc(C)c(C)c2c1=O. The average Bonchev–Trinajstić information content (AvgIpc) is 2.95. The van der Waals surface area contributed by atoms with E-state index in [0.29, 0.717) is 26.8 Å². The molecule has 0 unspecified atom stereocenters. The van der Waals surface area contributed by atoms with Crippen molar-refractivity contribution in [2.45, 2.75) is 50.2 Å². The number of nitriles is 1. The van der Waals surface area contributed by atoms with Gasteiger partial charge in [-0.05, 0) is 31.9 Å². The van der Waals surface area contributed by atoms with Gasteiger partial charge in [-0.15, -0.1) is 11.3 Å². The maximum absolute atomic E-state index is 13.1. The lowest BCUT2D eigenvalue weighted by Gasteiger charge is -2.12.